The first-order valence-corrected chi connectivity index (χ1v) is 13.3. The van der Waals surface area contributed by atoms with Gasteiger partial charge in [0.15, 0.2) is 0 Å². The third-order valence-corrected chi connectivity index (χ3v) is 7.09. The Kier molecular flexibility index (Phi) is 10.4. The maximum absolute atomic E-state index is 13.7. The quantitative estimate of drug-likeness (QED) is 0.313. The first kappa shape index (κ1) is 29.6. The van der Waals surface area contributed by atoms with Crippen molar-refractivity contribution in [3.8, 4) is 0 Å². The fourth-order valence-corrected chi connectivity index (χ4v) is 4.32. The molecule has 0 aliphatic carbocycles. The van der Waals surface area contributed by atoms with Crippen LogP contribution in [0.5, 0.6) is 0 Å². The van der Waals surface area contributed by atoms with E-state index in [0.29, 0.717) is 19.3 Å². The third-order valence-electron chi connectivity index (χ3n) is 7.09. The predicted octanol–water partition coefficient (Wildman–Crippen LogP) is 3.63. The van der Waals surface area contributed by atoms with Crippen LogP contribution in [0.4, 0.5) is 0 Å². The van der Waals surface area contributed by atoms with Crippen LogP contribution in [-0.4, -0.2) is 61.4 Å². The van der Waals surface area contributed by atoms with Crippen LogP contribution >= 0.6 is 0 Å². The first-order valence-electron chi connectivity index (χ1n) is 13.3. The number of rotatable bonds is 12. The van der Waals surface area contributed by atoms with E-state index < -0.39 is 12.1 Å². The summed E-state index contributed by atoms with van der Waals surface area (Å²) >= 11 is 0. The van der Waals surface area contributed by atoms with Crippen molar-refractivity contribution >= 4 is 28.5 Å². The fourth-order valence-electron chi connectivity index (χ4n) is 4.32. The molecule has 0 heterocycles. The lowest BCUT2D eigenvalue weighted by Gasteiger charge is -2.29. The van der Waals surface area contributed by atoms with Gasteiger partial charge in [0.1, 0.15) is 12.1 Å². The van der Waals surface area contributed by atoms with Crippen LogP contribution in [0.15, 0.2) is 84.9 Å². The van der Waals surface area contributed by atoms with Crippen molar-refractivity contribution in [2.45, 2.75) is 50.7 Å². The Morgan fingerprint density at radius 2 is 1.51 bits per heavy atom. The Bertz CT molecular complexity index is 1300. The van der Waals surface area contributed by atoms with Gasteiger partial charge in [0.25, 0.3) is 0 Å². The number of amides is 3. The predicted molar refractivity (Wildman–Crippen MR) is 157 cm³/mol. The van der Waals surface area contributed by atoms with Crippen molar-refractivity contribution < 1.29 is 14.4 Å². The van der Waals surface area contributed by atoms with Crippen molar-refractivity contribution in [1.29, 1.82) is 0 Å². The van der Waals surface area contributed by atoms with Crippen LogP contribution in [0, 0.1) is 0 Å². The van der Waals surface area contributed by atoms with E-state index in [1.165, 1.54) is 11.0 Å². The molecular formula is C32H40N4O3. The molecule has 0 aromatic heterocycles. The minimum absolute atomic E-state index is 0.157. The largest absolute Gasteiger partial charge is 0.357 e. The molecular weight excluding hydrogens is 488 g/mol. The summed E-state index contributed by atoms with van der Waals surface area (Å²) in [6, 6.07) is 22.0. The normalized spacial score (nSPS) is 13.2. The van der Waals surface area contributed by atoms with Gasteiger partial charge >= 0.3 is 0 Å². The zero-order valence-electron chi connectivity index (χ0n) is 23.5. The monoisotopic (exact) mass is 528 g/mol. The molecule has 0 unspecified atom stereocenters. The highest BCUT2D eigenvalue weighted by Crippen LogP contribution is 2.19. The Hall–Kier alpha value is -3.97. The summed E-state index contributed by atoms with van der Waals surface area (Å²) in [7, 11) is 5.06. The maximum atomic E-state index is 13.7. The first-order chi connectivity index (χ1) is 18.6. The second kappa shape index (κ2) is 13.7. The van der Waals surface area contributed by atoms with Crippen LogP contribution in [0.3, 0.4) is 0 Å². The molecule has 3 amide bonds. The summed E-state index contributed by atoms with van der Waals surface area (Å²) in [6.45, 7) is 4.10. The summed E-state index contributed by atoms with van der Waals surface area (Å²) in [4.78, 5) is 41.1. The second-order valence-electron chi connectivity index (χ2n) is 10.5. The number of carbonyl (C=O) groups is 3. The molecule has 0 spiro atoms. The molecule has 0 fully saturated rings. The standard InChI is InChI=1S/C32H40N4O3/c1-32(2,34-4)19-11-16-29(37)36(5)28(22-24-17-18-25-14-9-10-15-26(25)20-24)31(39)35-27(30(38)33-3)21-23-12-7-6-8-13-23/h6-18,20,27-28,34H,19,21-22H2,1-5H3,(H,33,38)(H,35,39)/b16-11+/t27-,28-/m1/s1. The minimum Gasteiger partial charge on any atom is -0.357 e. The van der Waals surface area contributed by atoms with Gasteiger partial charge in [-0.2, -0.15) is 0 Å². The van der Waals surface area contributed by atoms with E-state index >= 15 is 0 Å². The number of fused-ring (bicyclic) bond motifs is 1. The van der Waals surface area contributed by atoms with Gasteiger partial charge in [-0.3, -0.25) is 14.4 Å². The summed E-state index contributed by atoms with van der Waals surface area (Å²) in [6.07, 6.45) is 4.63. The van der Waals surface area contributed by atoms with Gasteiger partial charge in [-0.15, -0.1) is 0 Å². The van der Waals surface area contributed by atoms with E-state index in [-0.39, 0.29) is 23.3 Å². The molecule has 0 saturated heterocycles. The molecule has 0 aliphatic heterocycles. The van der Waals surface area contributed by atoms with E-state index in [1.54, 1.807) is 14.1 Å². The van der Waals surface area contributed by atoms with Crippen LogP contribution in [0.2, 0.25) is 0 Å². The molecule has 3 aromatic carbocycles. The Morgan fingerprint density at radius 3 is 2.18 bits per heavy atom. The fraction of sp³-hybridized carbons (Fsp3) is 0.344. The molecule has 0 radical (unpaired) electrons. The number of carbonyl (C=O) groups excluding carboxylic acids is 3. The number of benzene rings is 3. The Morgan fingerprint density at radius 1 is 0.846 bits per heavy atom. The molecule has 3 N–H and O–H groups in total. The van der Waals surface area contributed by atoms with Gasteiger partial charge in [-0.1, -0.05) is 78.9 Å². The average Bonchev–Trinajstić information content (AvgIpc) is 2.95. The molecule has 0 bridgehead atoms. The molecule has 2 atom stereocenters. The molecule has 3 rings (SSSR count). The highest BCUT2D eigenvalue weighted by Gasteiger charge is 2.30. The number of likely N-dealkylation sites (N-methyl/N-ethyl adjacent to an activating group) is 2. The Balaban J connectivity index is 1.87. The lowest BCUT2D eigenvalue weighted by atomic mass is 9.99. The van der Waals surface area contributed by atoms with Crippen molar-refractivity contribution in [3.05, 3.63) is 96.1 Å². The zero-order valence-corrected chi connectivity index (χ0v) is 23.5. The zero-order chi connectivity index (χ0) is 28.4. The molecule has 3 aromatic rings. The summed E-state index contributed by atoms with van der Waals surface area (Å²) in [5.41, 5.74) is 1.69. The summed E-state index contributed by atoms with van der Waals surface area (Å²) in [5, 5.41) is 10.9. The second-order valence-corrected chi connectivity index (χ2v) is 10.5. The van der Waals surface area contributed by atoms with Crippen LogP contribution in [0.25, 0.3) is 10.8 Å². The van der Waals surface area contributed by atoms with Crippen molar-refractivity contribution in [3.63, 3.8) is 0 Å². The number of hydrogen-bond donors (Lipinski definition) is 3. The maximum Gasteiger partial charge on any atom is 0.246 e. The van der Waals surface area contributed by atoms with Crippen LogP contribution < -0.4 is 16.0 Å². The van der Waals surface area contributed by atoms with Crippen molar-refractivity contribution in [2.24, 2.45) is 0 Å². The number of hydrogen-bond acceptors (Lipinski definition) is 4. The van der Waals surface area contributed by atoms with E-state index in [1.807, 2.05) is 99.8 Å². The molecule has 7 heteroatoms. The van der Waals surface area contributed by atoms with E-state index in [2.05, 4.69) is 16.0 Å². The van der Waals surface area contributed by atoms with Crippen molar-refractivity contribution in [1.82, 2.24) is 20.9 Å². The topological polar surface area (TPSA) is 90.5 Å². The lowest BCUT2D eigenvalue weighted by Crippen LogP contribution is -2.55. The van der Waals surface area contributed by atoms with Gasteiger partial charge < -0.3 is 20.9 Å². The summed E-state index contributed by atoms with van der Waals surface area (Å²) < 4.78 is 0. The van der Waals surface area contributed by atoms with Crippen LogP contribution in [-0.2, 0) is 27.2 Å². The highest BCUT2D eigenvalue weighted by atomic mass is 16.2. The van der Waals surface area contributed by atoms with Gasteiger partial charge in [-0.25, -0.2) is 0 Å². The van der Waals surface area contributed by atoms with Gasteiger partial charge in [0.2, 0.25) is 17.7 Å². The average molecular weight is 529 g/mol. The lowest BCUT2D eigenvalue weighted by molar-refractivity contribution is -0.137. The molecule has 39 heavy (non-hydrogen) atoms. The van der Waals surface area contributed by atoms with Crippen molar-refractivity contribution in [2.75, 3.05) is 21.1 Å². The van der Waals surface area contributed by atoms with E-state index in [4.69, 9.17) is 0 Å². The third kappa shape index (κ3) is 8.52. The molecule has 206 valence electrons. The van der Waals surface area contributed by atoms with Gasteiger partial charge in [0.05, 0.1) is 0 Å². The van der Waals surface area contributed by atoms with Gasteiger partial charge in [-0.05, 0) is 55.3 Å². The molecule has 7 nitrogen and oxygen atoms in total. The van der Waals surface area contributed by atoms with Gasteiger partial charge in [0, 0.05) is 32.5 Å². The SMILES string of the molecule is CNC(=O)[C@@H](Cc1ccccc1)NC(=O)[C@@H](Cc1ccc2ccccc2c1)N(C)C(=O)/C=C/CC(C)(C)NC. The number of nitrogens with zero attached hydrogens (tertiary/aromatic N) is 1. The number of nitrogens with one attached hydrogen (secondary N) is 3. The van der Waals surface area contributed by atoms with E-state index in [0.717, 1.165) is 21.9 Å². The smallest absolute Gasteiger partial charge is 0.246 e. The molecule has 0 aliphatic rings. The minimum atomic E-state index is -0.816. The van der Waals surface area contributed by atoms with E-state index in [9.17, 15) is 14.4 Å². The Labute approximate surface area is 231 Å². The van der Waals surface area contributed by atoms with Crippen LogP contribution in [0.1, 0.15) is 31.4 Å². The highest BCUT2D eigenvalue weighted by molar-refractivity contribution is 5.95. The summed E-state index contributed by atoms with van der Waals surface area (Å²) in [5.74, 6) is -0.949. The molecule has 0 saturated carbocycles.